The lowest BCUT2D eigenvalue weighted by Crippen LogP contribution is -2.21. The Kier molecular flexibility index (Phi) is 3.17. The molecule has 2 heteroatoms. The van der Waals surface area contributed by atoms with Crippen molar-refractivity contribution in [3.05, 3.63) is 35.9 Å². The molecule has 0 bridgehead atoms. The molecule has 14 heavy (non-hydrogen) atoms. The highest BCUT2D eigenvalue weighted by Crippen LogP contribution is 2.29. The standard InChI is InChI=1S/C12H16O2/c13-12(10-4-2-1-3-5-10)11-6-8-14-9-7-11/h1-5,11-13H,6-9H2/t12-/m1/s1. The van der Waals surface area contributed by atoms with Gasteiger partial charge in [0.25, 0.3) is 0 Å². The molecule has 0 unspecified atom stereocenters. The van der Waals surface area contributed by atoms with Crippen molar-refractivity contribution in [1.82, 2.24) is 0 Å². The van der Waals surface area contributed by atoms with Gasteiger partial charge in [0, 0.05) is 13.2 Å². The second-order valence-electron chi connectivity index (χ2n) is 3.81. The molecular formula is C12H16O2. The van der Waals surface area contributed by atoms with Crippen molar-refractivity contribution >= 4 is 0 Å². The summed E-state index contributed by atoms with van der Waals surface area (Å²) < 4.78 is 5.27. The average Bonchev–Trinajstić information content (AvgIpc) is 2.30. The van der Waals surface area contributed by atoms with Crippen LogP contribution in [-0.4, -0.2) is 18.3 Å². The minimum atomic E-state index is -0.319. The van der Waals surface area contributed by atoms with E-state index in [2.05, 4.69) is 0 Å². The van der Waals surface area contributed by atoms with Gasteiger partial charge in [0.1, 0.15) is 0 Å². The summed E-state index contributed by atoms with van der Waals surface area (Å²) in [5.41, 5.74) is 1.03. The van der Waals surface area contributed by atoms with Gasteiger partial charge >= 0.3 is 0 Å². The third-order valence-corrected chi connectivity index (χ3v) is 2.85. The molecule has 0 spiro atoms. The van der Waals surface area contributed by atoms with E-state index in [0.29, 0.717) is 5.92 Å². The Morgan fingerprint density at radius 3 is 2.43 bits per heavy atom. The topological polar surface area (TPSA) is 29.5 Å². The van der Waals surface area contributed by atoms with E-state index in [-0.39, 0.29) is 6.10 Å². The van der Waals surface area contributed by atoms with Crippen molar-refractivity contribution < 1.29 is 9.84 Å². The lowest BCUT2D eigenvalue weighted by molar-refractivity contribution is 0.00719. The molecule has 1 aliphatic rings. The molecule has 1 heterocycles. The van der Waals surface area contributed by atoms with E-state index in [1.165, 1.54) is 0 Å². The van der Waals surface area contributed by atoms with Crippen LogP contribution in [0.15, 0.2) is 30.3 Å². The van der Waals surface area contributed by atoms with Crippen molar-refractivity contribution in [3.63, 3.8) is 0 Å². The second-order valence-corrected chi connectivity index (χ2v) is 3.81. The number of benzene rings is 1. The summed E-state index contributed by atoms with van der Waals surface area (Å²) in [4.78, 5) is 0. The molecule has 1 aromatic rings. The van der Waals surface area contributed by atoms with Gasteiger partial charge in [-0.05, 0) is 24.3 Å². The molecule has 1 atom stereocenters. The maximum Gasteiger partial charge on any atom is 0.0819 e. The molecule has 1 aliphatic heterocycles. The molecule has 2 nitrogen and oxygen atoms in total. The van der Waals surface area contributed by atoms with E-state index >= 15 is 0 Å². The molecular weight excluding hydrogens is 176 g/mol. The highest BCUT2D eigenvalue weighted by Gasteiger charge is 2.22. The van der Waals surface area contributed by atoms with Crippen molar-refractivity contribution in [2.24, 2.45) is 5.92 Å². The predicted molar refractivity (Wildman–Crippen MR) is 54.9 cm³/mol. The van der Waals surface area contributed by atoms with Crippen LogP contribution in [0.25, 0.3) is 0 Å². The van der Waals surface area contributed by atoms with Crippen molar-refractivity contribution in [3.8, 4) is 0 Å². The SMILES string of the molecule is O[C@H](c1ccccc1)C1CCOCC1. The van der Waals surface area contributed by atoms with Crippen LogP contribution >= 0.6 is 0 Å². The van der Waals surface area contributed by atoms with E-state index in [1.807, 2.05) is 30.3 Å². The van der Waals surface area contributed by atoms with E-state index in [4.69, 9.17) is 4.74 Å². The second kappa shape index (κ2) is 4.58. The number of hydrogen-bond donors (Lipinski definition) is 1. The lowest BCUT2D eigenvalue weighted by Gasteiger charge is -2.26. The Labute approximate surface area is 84.5 Å². The monoisotopic (exact) mass is 192 g/mol. The van der Waals surface area contributed by atoms with Gasteiger partial charge in [0.05, 0.1) is 6.10 Å². The van der Waals surface area contributed by atoms with Gasteiger partial charge in [-0.2, -0.15) is 0 Å². The summed E-state index contributed by atoms with van der Waals surface area (Å²) in [6.07, 6.45) is 1.62. The van der Waals surface area contributed by atoms with E-state index in [0.717, 1.165) is 31.6 Å². The van der Waals surface area contributed by atoms with Gasteiger partial charge in [0.2, 0.25) is 0 Å². The summed E-state index contributed by atoms with van der Waals surface area (Å²) in [5, 5.41) is 10.1. The maximum atomic E-state index is 10.1. The highest BCUT2D eigenvalue weighted by atomic mass is 16.5. The van der Waals surface area contributed by atoms with Crippen LogP contribution < -0.4 is 0 Å². The zero-order chi connectivity index (χ0) is 9.80. The van der Waals surface area contributed by atoms with Gasteiger partial charge in [-0.1, -0.05) is 30.3 Å². The van der Waals surface area contributed by atoms with Crippen LogP contribution in [-0.2, 0) is 4.74 Å². The third kappa shape index (κ3) is 2.14. The largest absolute Gasteiger partial charge is 0.388 e. The normalized spacial score (nSPS) is 20.6. The Bertz CT molecular complexity index is 265. The number of aliphatic hydroxyl groups excluding tert-OH is 1. The van der Waals surface area contributed by atoms with E-state index in [1.54, 1.807) is 0 Å². The van der Waals surface area contributed by atoms with E-state index in [9.17, 15) is 5.11 Å². The third-order valence-electron chi connectivity index (χ3n) is 2.85. The number of hydrogen-bond acceptors (Lipinski definition) is 2. The minimum absolute atomic E-state index is 0.319. The van der Waals surface area contributed by atoms with Gasteiger partial charge in [-0.15, -0.1) is 0 Å². The fraction of sp³-hybridized carbons (Fsp3) is 0.500. The number of rotatable bonds is 2. The summed E-state index contributed by atoms with van der Waals surface area (Å²) in [6.45, 7) is 1.57. The summed E-state index contributed by atoms with van der Waals surface area (Å²) in [5.74, 6) is 0.367. The van der Waals surface area contributed by atoms with Gasteiger partial charge < -0.3 is 9.84 Å². The summed E-state index contributed by atoms with van der Waals surface area (Å²) in [7, 11) is 0. The van der Waals surface area contributed by atoms with Gasteiger partial charge in [-0.25, -0.2) is 0 Å². The molecule has 1 aromatic carbocycles. The molecule has 1 fully saturated rings. The van der Waals surface area contributed by atoms with Crippen molar-refractivity contribution in [2.45, 2.75) is 18.9 Å². The van der Waals surface area contributed by atoms with Crippen LogP contribution in [0.4, 0.5) is 0 Å². The van der Waals surface area contributed by atoms with Crippen LogP contribution in [0.1, 0.15) is 24.5 Å². The van der Waals surface area contributed by atoms with Crippen LogP contribution in [0.2, 0.25) is 0 Å². The molecule has 0 saturated carbocycles. The smallest absolute Gasteiger partial charge is 0.0819 e. The first-order valence-electron chi connectivity index (χ1n) is 5.18. The fourth-order valence-electron chi connectivity index (χ4n) is 1.95. The van der Waals surface area contributed by atoms with Crippen molar-refractivity contribution in [1.29, 1.82) is 0 Å². The first-order valence-corrected chi connectivity index (χ1v) is 5.18. The maximum absolute atomic E-state index is 10.1. The average molecular weight is 192 g/mol. The predicted octanol–water partition coefficient (Wildman–Crippen LogP) is 2.15. The van der Waals surface area contributed by atoms with Crippen molar-refractivity contribution in [2.75, 3.05) is 13.2 Å². The lowest BCUT2D eigenvalue weighted by atomic mass is 9.89. The van der Waals surface area contributed by atoms with E-state index < -0.39 is 0 Å². The van der Waals surface area contributed by atoms with Crippen LogP contribution in [0.3, 0.4) is 0 Å². The molecule has 0 aliphatic carbocycles. The van der Waals surface area contributed by atoms with Gasteiger partial charge in [0.15, 0.2) is 0 Å². The molecule has 2 rings (SSSR count). The molecule has 1 N–H and O–H groups in total. The summed E-state index contributed by atoms with van der Waals surface area (Å²) >= 11 is 0. The van der Waals surface area contributed by atoms with Crippen LogP contribution in [0.5, 0.6) is 0 Å². The minimum Gasteiger partial charge on any atom is -0.388 e. The molecule has 0 radical (unpaired) electrons. The van der Waals surface area contributed by atoms with Gasteiger partial charge in [-0.3, -0.25) is 0 Å². The Balaban J connectivity index is 2.03. The molecule has 0 amide bonds. The molecule has 0 aromatic heterocycles. The Hall–Kier alpha value is -0.860. The molecule has 76 valence electrons. The first kappa shape index (κ1) is 9.69. The zero-order valence-corrected chi connectivity index (χ0v) is 8.23. The highest BCUT2D eigenvalue weighted by molar-refractivity contribution is 5.18. The number of aliphatic hydroxyl groups is 1. The summed E-state index contributed by atoms with van der Waals surface area (Å²) in [6, 6.07) is 9.89. The first-order chi connectivity index (χ1) is 6.88. The fourth-order valence-corrected chi connectivity index (χ4v) is 1.95. The Morgan fingerprint density at radius 1 is 1.14 bits per heavy atom. The quantitative estimate of drug-likeness (QED) is 0.778. The van der Waals surface area contributed by atoms with Crippen LogP contribution in [0, 0.1) is 5.92 Å². The Morgan fingerprint density at radius 2 is 1.79 bits per heavy atom. The zero-order valence-electron chi connectivity index (χ0n) is 8.23. The number of ether oxygens (including phenoxy) is 1. The molecule has 1 saturated heterocycles.